The smallest absolute Gasteiger partial charge is 0.211 e. The van der Waals surface area contributed by atoms with Crippen LogP contribution in [0.4, 0.5) is 8.78 Å². The third kappa shape index (κ3) is 5.30. The van der Waals surface area contributed by atoms with E-state index in [1.54, 1.807) is 19.2 Å². The summed E-state index contributed by atoms with van der Waals surface area (Å²) in [5.74, 6) is -1.27. The predicted molar refractivity (Wildman–Crippen MR) is 137 cm³/mol. The number of nitrogens with zero attached hydrogens (tertiary/aromatic N) is 5. The molecule has 3 heterocycles. The number of benzene rings is 1. The Labute approximate surface area is 212 Å². The highest BCUT2D eigenvalue weighted by Gasteiger charge is 2.30. The Kier molecular flexibility index (Phi) is 7.48. The van der Waals surface area contributed by atoms with E-state index in [9.17, 15) is 17.2 Å². The highest BCUT2D eigenvalue weighted by Crippen LogP contribution is 2.41. The molecule has 1 fully saturated rings. The number of sulfonamides is 1. The van der Waals surface area contributed by atoms with Crippen molar-refractivity contribution in [1.29, 1.82) is 5.41 Å². The zero-order chi connectivity index (χ0) is 26.2. The zero-order valence-electron chi connectivity index (χ0n) is 20.5. The van der Waals surface area contributed by atoms with E-state index >= 15 is 0 Å². The summed E-state index contributed by atoms with van der Waals surface area (Å²) in [6, 6.07) is 6.87. The molecule has 0 unspecified atom stereocenters. The molecule has 0 saturated carbocycles. The SMILES string of the molecule is C/N=c1/ccc(-c2sc(C3CCN(S(C)(=O)=O)CC3)nc2-c2ccc(F)cc2F)nn1C(=N)C(C)C. The standard InChI is InChI=1S/C24H28F2N6O2S2/c1-14(2)23(27)32-20(28-3)8-7-19(30-32)22-21(17-6-5-16(25)13-18(17)26)29-24(35-22)15-9-11-31(12-10-15)36(4,33)34/h5-8,13-15,27H,9-12H2,1-4H3/b27-23?,28-20-. The van der Waals surface area contributed by atoms with E-state index in [2.05, 4.69) is 10.1 Å². The number of aromatic nitrogens is 3. The highest BCUT2D eigenvalue weighted by atomic mass is 32.2. The first-order valence-corrected chi connectivity index (χ1v) is 14.2. The van der Waals surface area contributed by atoms with Crippen LogP contribution in [0.25, 0.3) is 21.8 Å². The molecule has 192 valence electrons. The Morgan fingerprint density at radius 1 is 1.19 bits per heavy atom. The van der Waals surface area contributed by atoms with Crippen LogP contribution < -0.4 is 5.49 Å². The molecule has 12 heteroatoms. The van der Waals surface area contributed by atoms with Gasteiger partial charge in [-0.2, -0.15) is 5.10 Å². The number of hydrogen-bond acceptors (Lipinski definition) is 7. The maximum Gasteiger partial charge on any atom is 0.211 e. The molecular formula is C24H28F2N6O2S2. The number of rotatable bonds is 5. The fraction of sp³-hybridized carbons (Fsp3) is 0.417. The average Bonchev–Trinajstić information content (AvgIpc) is 3.27. The minimum absolute atomic E-state index is 0.00462. The van der Waals surface area contributed by atoms with Gasteiger partial charge in [0.15, 0.2) is 5.49 Å². The van der Waals surface area contributed by atoms with Crippen molar-refractivity contribution in [1.82, 2.24) is 19.1 Å². The molecular weight excluding hydrogens is 506 g/mol. The van der Waals surface area contributed by atoms with Crippen molar-refractivity contribution in [2.75, 3.05) is 26.4 Å². The molecule has 0 spiro atoms. The van der Waals surface area contributed by atoms with E-state index in [0.717, 1.165) is 11.1 Å². The van der Waals surface area contributed by atoms with Crippen molar-refractivity contribution >= 4 is 27.2 Å². The van der Waals surface area contributed by atoms with Crippen LogP contribution in [-0.4, -0.2) is 59.7 Å². The van der Waals surface area contributed by atoms with E-state index in [0.29, 0.717) is 47.7 Å². The van der Waals surface area contributed by atoms with Crippen LogP contribution in [0.3, 0.4) is 0 Å². The first kappa shape index (κ1) is 26.2. The number of nitrogens with one attached hydrogen (secondary N) is 1. The molecule has 4 rings (SSSR count). The minimum atomic E-state index is -3.27. The number of halogens is 2. The van der Waals surface area contributed by atoms with Gasteiger partial charge in [0.2, 0.25) is 10.0 Å². The Hall–Kier alpha value is -2.83. The molecule has 2 aromatic heterocycles. The molecule has 0 bridgehead atoms. The van der Waals surface area contributed by atoms with E-state index in [1.807, 2.05) is 13.8 Å². The molecule has 8 nitrogen and oxygen atoms in total. The third-order valence-corrected chi connectivity index (χ3v) is 8.70. The van der Waals surface area contributed by atoms with Gasteiger partial charge in [-0.1, -0.05) is 13.8 Å². The molecule has 1 saturated heterocycles. The van der Waals surface area contributed by atoms with Crippen molar-refractivity contribution in [3.63, 3.8) is 0 Å². The first-order valence-electron chi connectivity index (χ1n) is 11.5. The van der Waals surface area contributed by atoms with E-state index in [-0.39, 0.29) is 23.2 Å². The Morgan fingerprint density at radius 2 is 1.89 bits per heavy atom. The third-order valence-electron chi connectivity index (χ3n) is 6.15. The fourth-order valence-corrected chi connectivity index (χ4v) is 6.20. The van der Waals surface area contributed by atoms with Crippen LogP contribution in [0.2, 0.25) is 0 Å². The predicted octanol–water partition coefficient (Wildman–Crippen LogP) is 4.10. The van der Waals surface area contributed by atoms with Crippen LogP contribution in [0, 0.1) is 23.0 Å². The van der Waals surface area contributed by atoms with Crippen molar-refractivity contribution in [3.05, 3.63) is 52.5 Å². The summed E-state index contributed by atoms with van der Waals surface area (Å²) in [5.41, 5.74) is 1.49. The number of hydrogen-bond donors (Lipinski definition) is 1. The fourth-order valence-electron chi connectivity index (χ4n) is 4.11. The van der Waals surface area contributed by atoms with Crippen LogP contribution in [-0.2, 0) is 10.0 Å². The molecule has 3 aromatic rings. The lowest BCUT2D eigenvalue weighted by molar-refractivity contribution is 0.321. The second-order valence-corrected chi connectivity index (χ2v) is 12.1. The lowest BCUT2D eigenvalue weighted by atomic mass is 9.99. The Balaban J connectivity index is 1.83. The Bertz CT molecular complexity index is 1470. The summed E-state index contributed by atoms with van der Waals surface area (Å²) >= 11 is 1.36. The van der Waals surface area contributed by atoms with Crippen LogP contribution in [0.15, 0.2) is 35.3 Å². The van der Waals surface area contributed by atoms with E-state index in [1.165, 1.54) is 38.7 Å². The lowest BCUT2D eigenvalue weighted by Crippen LogP contribution is -2.37. The molecule has 36 heavy (non-hydrogen) atoms. The largest absolute Gasteiger partial charge is 0.286 e. The van der Waals surface area contributed by atoms with Crippen LogP contribution in [0.1, 0.15) is 37.6 Å². The van der Waals surface area contributed by atoms with Crippen molar-refractivity contribution < 1.29 is 17.2 Å². The van der Waals surface area contributed by atoms with Gasteiger partial charge in [-0.05, 0) is 37.1 Å². The van der Waals surface area contributed by atoms with Gasteiger partial charge < -0.3 is 0 Å². The number of thiazole rings is 1. The molecule has 1 N–H and O–H groups in total. The molecule has 1 aromatic carbocycles. The minimum Gasteiger partial charge on any atom is -0.286 e. The van der Waals surface area contributed by atoms with Gasteiger partial charge in [-0.15, -0.1) is 11.3 Å². The molecule has 0 radical (unpaired) electrons. The topological polar surface area (TPSA) is 104 Å². The van der Waals surface area contributed by atoms with Gasteiger partial charge in [-0.3, -0.25) is 10.4 Å². The number of piperidine rings is 1. The van der Waals surface area contributed by atoms with Crippen molar-refractivity contribution in [3.8, 4) is 21.8 Å². The monoisotopic (exact) mass is 534 g/mol. The summed E-state index contributed by atoms with van der Waals surface area (Å²) in [7, 11) is -1.65. The molecule has 1 aliphatic rings. The Morgan fingerprint density at radius 3 is 2.47 bits per heavy atom. The second-order valence-electron chi connectivity index (χ2n) is 9.04. The van der Waals surface area contributed by atoms with Gasteiger partial charge in [-0.25, -0.2) is 31.2 Å². The van der Waals surface area contributed by atoms with Gasteiger partial charge >= 0.3 is 0 Å². The first-order chi connectivity index (χ1) is 17.0. The zero-order valence-corrected chi connectivity index (χ0v) is 22.1. The maximum absolute atomic E-state index is 14.9. The molecule has 0 aliphatic carbocycles. The second kappa shape index (κ2) is 10.3. The van der Waals surface area contributed by atoms with Crippen molar-refractivity contribution in [2.45, 2.75) is 32.6 Å². The van der Waals surface area contributed by atoms with Crippen LogP contribution in [0.5, 0.6) is 0 Å². The van der Waals surface area contributed by atoms with Crippen molar-refractivity contribution in [2.24, 2.45) is 10.9 Å². The molecule has 1 aliphatic heterocycles. The summed E-state index contributed by atoms with van der Waals surface area (Å²) in [6.07, 6.45) is 2.38. The van der Waals surface area contributed by atoms with Gasteiger partial charge in [0.25, 0.3) is 0 Å². The van der Waals surface area contributed by atoms with E-state index < -0.39 is 21.7 Å². The maximum atomic E-state index is 14.9. The summed E-state index contributed by atoms with van der Waals surface area (Å²) in [5, 5.41) is 13.9. The van der Waals surface area contributed by atoms with Crippen LogP contribution >= 0.6 is 11.3 Å². The van der Waals surface area contributed by atoms with Gasteiger partial charge in [0.1, 0.15) is 23.2 Å². The summed E-state index contributed by atoms with van der Waals surface area (Å²) in [6.45, 7) is 4.54. The average molecular weight is 535 g/mol. The molecule has 0 atom stereocenters. The quantitative estimate of drug-likeness (QED) is 0.393. The van der Waals surface area contributed by atoms with Gasteiger partial charge in [0, 0.05) is 43.6 Å². The summed E-state index contributed by atoms with van der Waals surface area (Å²) < 4.78 is 55.3. The van der Waals surface area contributed by atoms with Gasteiger partial charge in [0.05, 0.1) is 21.8 Å². The normalized spacial score (nSPS) is 16.1. The summed E-state index contributed by atoms with van der Waals surface area (Å²) in [4.78, 5) is 9.57. The lowest BCUT2D eigenvalue weighted by Gasteiger charge is -2.29. The van der Waals surface area contributed by atoms with E-state index in [4.69, 9.17) is 10.4 Å². The molecule has 0 amide bonds. The highest BCUT2D eigenvalue weighted by molar-refractivity contribution is 7.88.